The van der Waals surface area contributed by atoms with E-state index in [4.69, 9.17) is 0 Å². The Morgan fingerprint density at radius 3 is 2.68 bits per heavy atom. The quantitative estimate of drug-likeness (QED) is 0.887. The van der Waals surface area contributed by atoms with Crippen molar-refractivity contribution in [2.75, 3.05) is 11.6 Å². The zero-order valence-corrected chi connectivity index (χ0v) is 12.2. The third-order valence-corrected chi connectivity index (χ3v) is 4.86. The SMILES string of the molecule is CSC1CCC(Nc2nccc(C)c2C(=O)O)CC1. The molecule has 4 nitrogen and oxygen atoms in total. The van der Waals surface area contributed by atoms with Crippen molar-refractivity contribution in [3.63, 3.8) is 0 Å². The van der Waals surface area contributed by atoms with Crippen molar-refractivity contribution in [1.29, 1.82) is 0 Å². The molecular weight excluding hydrogens is 260 g/mol. The molecule has 1 aromatic rings. The predicted octanol–water partition coefficient (Wildman–Crippen LogP) is 3.17. The zero-order chi connectivity index (χ0) is 13.8. The number of aryl methyl sites for hydroxylation is 1. The van der Waals surface area contributed by atoms with E-state index in [0.717, 1.165) is 23.7 Å². The lowest BCUT2D eigenvalue weighted by Gasteiger charge is -2.28. The molecule has 1 saturated carbocycles. The van der Waals surface area contributed by atoms with Crippen LogP contribution in [0.1, 0.15) is 41.6 Å². The molecule has 0 spiro atoms. The molecule has 0 aliphatic heterocycles. The molecule has 0 atom stereocenters. The number of hydrogen-bond acceptors (Lipinski definition) is 4. The Morgan fingerprint density at radius 1 is 1.42 bits per heavy atom. The first-order valence-electron chi connectivity index (χ1n) is 6.60. The monoisotopic (exact) mass is 280 g/mol. The van der Waals surface area contributed by atoms with Crippen molar-refractivity contribution in [3.05, 3.63) is 23.4 Å². The number of carboxylic acids is 1. The van der Waals surface area contributed by atoms with E-state index in [0.29, 0.717) is 17.4 Å². The van der Waals surface area contributed by atoms with E-state index in [9.17, 15) is 9.90 Å². The molecule has 2 rings (SSSR count). The Bertz CT molecular complexity index is 457. The molecule has 1 aromatic heterocycles. The van der Waals surface area contributed by atoms with Crippen LogP contribution in [-0.4, -0.2) is 33.6 Å². The second-order valence-electron chi connectivity index (χ2n) is 5.01. The number of anilines is 1. The van der Waals surface area contributed by atoms with E-state index >= 15 is 0 Å². The summed E-state index contributed by atoms with van der Waals surface area (Å²) >= 11 is 1.93. The number of aromatic nitrogens is 1. The van der Waals surface area contributed by atoms with E-state index in [2.05, 4.69) is 16.6 Å². The van der Waals surface area contributed by atoms with Gasteiger partial charge in [0.25, 0.3) is 0 Å². The zero-order valence-electron chi connectivity index (χ0n) is 11.3. The number of nitrogens with one attached hydrogen (secondary N) is 1. The van der Waals surface area contributed by atoms with Crippen molar-refractivity contribution in [3.8, 4) is 0 Å². The fourth-order valence-corrected chi connectivity index (χ4v) is 3.32. The number of pyridine rings is 1. The summed E-state index contributed by atoms with van der Waals surface area (Å²) in [5, 5.41) is 13.3. The molecule has 0 saturated heterocycles. The number of thioether (sulfide) groups is 1. The molecule has 0 bridgehead atoms. The maximum absolute atomic E-state index is 11.3. The minimum absolute atomic E-state index is 0.300. The maximum atomic E-state index is 11.3. The van der Waals surface area contributed by atoms with E-state index < -0.39 is 5.97 Å². The highest BCUT2D eigenvalue weighted by atomic mass is 32.2. The topological polar surface area (TPSA) is 62.2 Å². The van der Waals surface area contributed by atoms with Crippen LogP contribution in [0.4, 0.5) is 5.82 Å². The minimum atomic E-state index is -0.911. The second kappa shape index (κ2) is 6.28. The van der Waals surface area contributed by atoms with Crippen molar-refractivity contribution < 1.29 is 9.90 Å². The summed E-state index contributed by atoms with van der Waals surface area (Å²) in [5.74, 6) is -0.397. The van der Waals surface area contributed by atoms with Gasteiger partial charge in [0.1, 0.15) is 11.4 Å². The summed E-state index contributed by atoms with van der Waals surface area (Å²) in [4.78, 5) is 15.5. The normalized spacial score (nSPS) is 23.1. The van der Waals surface area contributed by atoms with Gasteiger partial charge in [-0.1, -0.05) is 0 Å². The molecule has 104 valence electrons. The van der Waals surface area contributed by atoms with Gasteiger partial charge in [0.15, 0.2) is 0 Å². The second-order valence-corrected chi connectivity index (χ2v) is 6.15. The van der Waals surface area contributed by atoms with Gasteiger partial charge in [-0.2, -0.15) is 11.8 Å². The van der Waals surface area contributed by atoms with Crippen LogP contribution in [0.5, 0.6) is 0 Å². The summed E-state index contributed by atoms with van der Waals surface area (Å²) in [6.07, 6.45) is 8.36. The highest BCUT2D eigenvalue weighted by Crippen LogP contribution is 2.29. The Labute approximate surface area is 118 Å². The predicted molar refractivity (Wildman–Crippen MR) is 79.1 cm³/mol. The molecule has 0 aromatic carbocycles. The van der Waals surface area contributed by atoms with Crippen LogP contribution in [0.15, 0.2) is 12.3 Å². The fourth-order valence-electron chi connectivity index (χ4n) is 2.57. The smallest absolute Gasteiger partial charge is 0.339 e. The molecule has 1 aliphatic rings. The molecule has 5 heteroatoms. The van der Waals surface area contributed by atoms with Gasteiger partial charge in [-0.3, -0.25) is 0 Å². The molecule has 1 fully saturated rings. The van der Waals surface area contributed by atoms with Gasteiger partial charge in [0.2, 0.25) is 0 Å². The van der Waals surface area contributed by atoms with Gasteiger partial charge in [0, 0.05) is 17.5 Å². The van der Waals surface area contributed by atoms with Gasteiger partial charge in [-0.25, -0.2) is 9.78 Å². The van der Waals surface area contributed by atoms with E-state index in [-0.39, 0.29) is 0 Å². The summed E-state index contributed by atoms with van der Waals surface area (Å²) in [6.45, 7) is 1.81. The number of hydrogen-bond donors (Lipinski definition) is 2. The molecule has 0 unspecified atom stereocenters. The molecule has 19 heavy (non-hydrogen) atoms. The fraction of sp³-hybridized carbons (Fsp3) is 0.571. The summed E-state index contributed by atoms with van der Waals surface area (Å²) in [6, 6.07) is 2.08. The van der Waals surface area contributed by atoms with Crippen LogP contribution in [0.2, 0.25) is 0 Å². The van der Waals surface area contributed by atoms with Crippen LogP contribution in [-0.2, 0) is 0 Å². The third kappa shape index (κ3) is 3.41. The van der Waals surface area contributed by atoms with Gasteiger partial charge >= 0.3 is 5.97 Å². The van der Waals surface area contributed by atoms with Crippen molar-refractivity contribution in [2.24, 2.45) is 0 Å². The lowest BCUT2D eigenvalue weighted by Crippen LogP contribution is -2.28. The van der Waals surface area contributed by atoms with Crippen LogP contribution in [0.3, 0.4) is 0 Å². The average Bonchev–Trinajstić information content (AvgIpc) is 2.39. The Balaban J connectivity index is 2.08. The highest BCUT2D eigenvalue weighted by Gasteiger charge is 2.22. The molecule has 1 aliphatic carbocycles. The average molecular weight is 280 g/mol. The van der Waals surface area contributed by atoms with E-state index in [1.807, 2.05) is 11.8 Å². The van der Waals surface area contributed by atoms with Crippen molar-refractivity contribution in [1.82, 2.24) is 4.98 Å². The van der Waals surface area contributed by atoms with Crippen LogP contribution in [0.25, 0.3) is 0 Å². The molecule has 0 radical (unpaired) electrons. The Hall–Kier alpha value is -1.23. The summed E-state index contributed by atoms with van der Waals surface area (Å²) in [5.41, 5.74) is 1.05. The van der Waals surface area contributed by atoms with Crippen LogP contribution in [0, 0.1) is 6.92 Å². The number of aromatic carboxylic acids is 1. The largest absolute Gasteiger partial charge is 0.478 e. The maximum Gasteiger partial charge on any atom is 0.339 e. The first kappa shape index (κ1) is 14.2. The lowest BCUT2D eigenvalue weighted by molar-refractivity contribution is 0.0696. The summed E-state index contributed by atoms with van der Waals surface area (Å²) < 4.78 is 0. The highest BCUT2D eigenvalue weighted by molar-refractivity contribution is 7.99. The summed E-state index contributed by atoms with van der Waals surface area (Å²) in [7, 11) is 0. The minimum Gasteiger partial charge on any atom is -0.478 e. The Morgan fingerprint density at radius 2 is 2.11 bits per heavy atom. The van der Waals surface area contributed by atoms with Crippen molar-refractivity contribution in [2.45, 2.75) is 43.9 Å². The van der Waals surface area contributed by atoms with E-state index in [1.54, 1.807) is 19.2 Å². The van der Waals surface area contributed by atoms with E-state index in [1.165, 1.54) is 12.8 Å². The third-order valence-electron chi connectivity index (χ3n) is 3.72. The van der Waals surface area contributed by atoms with Gasteiger partial charge in [-0.05, 0) is 50.5 Å². The lowest BCUT2D eigenvalue weighted by atomic mass is 9.94. The standard InChI is InChI=1S/C14H20N2O2S/c1-9-7-8-15-13(12(9)14(17)18)16-10-3-5-11(19-2)6-4-10/h7-8,10-11H,3-6H2,1-2H3,(H,15,16)(H,17,18). The molecular formula is C14H20N2O2S. The molecule has 0 amide bonds. The first-order chi connectivity index (χ1) is 9.11. The van der Waals surface area contributed by atoms with Crippen molar-refractivity contribution >= 4 is 23.5 Å². The number of nitrogens with zero attached hydrogens (tertiary/aromatic N) is 1. The van der Waals surface area contributed by atoms with Crippen LogP contribution < -0.4 is 5.32 Å². The van der Waals surface area contributed by atoms with Gasteiger partial charge in [-0.15, -0.1) is 0 Å². The Kier molecular flexibility index (Phi) is 4.69. The molecule has 2 N–H and O–H groups in total. The number of rotatable bonds is 4. The first-order valence-corrected chi connectivity index (χ1v) is 7.89. The number of carbonyl (C=O) groups is 1. The van der Waals surface area contributed by atoms with Crippen LogP contribution >= 0.6 is 11.8 Å². The molecule has 1 heterocycles. The van der Waals surface area contributed by atoms with Gasteiger partial charge in [0.05, 0.1) is 0 Å². The number of carboxylic acid groups (broad SMARTS) is 1. The van der Waals surface area contributed by atoms with Gasteiger partial charge < -0.3 is 10.4 Å².